The van der Waals surface area contributed by atoms with Crippen LogP contribution in [0.2, 0.25) is 0 Å². The van der Waals surface area contributed by atoms with Crippen LogP contribution in [-0.2, 0) is 14.3 Å². The molecule has 6 heteroatoms. The molecule has 1 heterocycles. The molecule has 1 amide bonds. The van der Waals surface area contributed by atoms with E-state index in [4.69, 9.17) is 10.00 Å². The van der Waals surface area contributed by atoms with Crippen molar-refractivity contribution in [3.05, 3.63) is 0 Å². The molecule has 1 aliphatic heterocycles. The Kier molecular flexibility index (Phi) is 6.16. The Morgan fingerprint density at radius 1 is 1.43 bits per heavy atom. The van der Waals surface area contributed by atoms with Crippen LogP contribution in [0.4, 0.5) is 0 Å². The molecule has 1 fully saturated rings. The van der Waals surface area contributed by atoms with Gasteiger partial charge in [0.2, 0.25) is 5.91 Å². The molecule has 0 aromatic carbocycles. The van der Waals surface area contributed by atoms with Gasteiger partial charge in [-0.3, -0.25) is 14.5 Å². The molecule has 0 radical (unpaired) electrons. The molecule has 0 spiro atoms. The van der Waals surface area contributed by atoms with Crippen LogP contribution >= 0.6 is 0 Å². The number of nitrogens with zero attached hydrogens (tertiary/aromatic N) is 3. The lowest BCUT2D eigenvalue weighted by Crippen LogP contribution is -2.45. The minimum atomic E-state index is -0.515. The highest BCUT2D eigenvalue weighted by molar-refractivity contribution is 5.81. The number of hydrogen-bond acceptors (Lipinski definition) is 5. The summed E-state index contributed by atoms with van der Waals surface area (Å²) in [4.78, 5) is 27.7. The predicted octanol–water partition coefficient (Wildman–Crippen LogP) is 1.16. The summed E-state index contributed by atoms with van der Waals surface area (Å²) in [5.41, 5.74) is -0.515. The van der Waals surface area contributed by atoms with Crippen LogP contribution in [0.5, 0.6) is 0 Å². The quantitative estimate of drug-likeness (QED) is 0.712. The number of carbonyl (C=O) groups is 2. The van der Waals surface area contributed by atoms with Crippen LogP contribution < -0.4 is 0 Å². The second kappa shape index (κ2) is 7.41. The zero-order valence-corrected chi connectivity index (χ0v) is 13.4. The summed E-state index contributed by atoms with van der Waals surface area (Å²) in [6.45, 7) is 6.86. The van der Waals surface area contributed by atoms with E-state index in [-0.39, 0.29) is 24.5 Å². The Hall–Kier alpha value is -1.61. The molecule has 1 atom stereocenters. The Morgan fingerprint density at radius 3 is 2.67 bits per heavy atom. The Bertz CT molecular complexity index is 423. The van der Waals surface area contributed by atoms with E-state index >= 15 is 0 Å². The van der Waals surface area contributed by atoms with Crippen molar-refractivity contribution < 1.29 is 14.3 Å². The molecule has 1 saturated heterocycles. The number of ether oxygens (including phenoxy) is 1. The van der Waals surface area contributed by atoms with Crippen LogP contribution in [0.25, 0.3) is 0 Å². The number of likely N-dealkylation sites (N-methyl/N-ethyl adjacent to an activating group) is 1. The van der Waals surface area contributed by atoms with Crippen molar-refractivity contribution in [2.24, 2.45) is 0 Å². The lowest BCUT2D eigenvalue weighted by Gasteiger charge is -2.28. The third-order valence-corrected chi connectivity index (χ3v) is 3.37. The van der Waals surface area contributed by atoms with Gasteiger partial charge in [0.05, 0.1) is 19.0 Å². The fourth-order valence-corrected chi connectivity index (χ4v) is 2.29. The van der Waals surface area contributed by atoms with Crippen molar-refractivity contribution in [2.75, 3.05) is 26.7 Å². The minimum Gasteiger partial charge on any atom is -0.459 e. The first-order valence-electron chi connectivity index (χ1n) is 7.32. The Morgan fingerprint density at radius 2 is 2.10 bits per heavy atom. The molecule has 0 N–H and O–H groups in total. The van der Waals surface area contributed by atoms with Gasteiger partial charge in [0.15, 0.2) is 0 Å². The van der Waals surface area contributed by atoms with E-state index in [9.17, 15) is 9.59 Å². The number of carbonyl (C=O) groups excluding carboxylic acids is 2. The second-order valence-electron chi connectivity index (χ2n) is 6.39. The van der Waals surface area contributed by atoms with Crippen LogP contribution in [0.1, 0.15) is 40.0 Å². The minimum absolute atomic E-state index is 0.0688. The van der Waals surface area contributed by atoms with Crippen molar-refractivity contribution in [2.45, 2.75) is 51.7 Å². The van der Waals surface area contributed by atoms with E-state index in [2.05, 4.69) is 0 Å². The average molecular weight is 295 g/mol. The predicted molar refractivity (Wildman–Crippen MR) is 78.3 cm³/mol. The SMILES string of the molecule is CN(CCC#N)C(=O)CN1CCC[C@@H]1C(=O)OC(C)(C)C. The fourth-order valence-electron chi connectivity index (χ4n) is 2.29. The molecule has 1 aliphatic rings. The summed E-state index contributed by atoms with van der Waals surface area (Å²) in [6, 6.07) is 1.68. The van der Waals surface area contributed by atoms with Crippen LogP contribution in [-0.4, -0.2) is 60.0 Å². The van der Waals surface area contributed by atoms with Crippen molar-refractivity contribution in [3.8, 4) is 6.07 Å². The summed E-state index contributed by atoms with van der Waals surface area (Å²) in [6.07, 6.45) is 1.93. The Labute approximate surface area is 126 Å². The molecule has 0 unspecified atom stereocenters. The van der Waals surface area contributed by atoms with E-state index in [0.717, 1.165) is 19.4 Å². The average Bonchev–Trinajstić information content (AvgIpc) is 2.81. The van der Waals surface area contributed by atoms with Gasteiger partial charge in [-0.05, 0) is 40.2 Å². The Balaban J connectivity index is 2.56. The van der Waals surface area contributed by atoms with E-state index in [1.165, 1.54) is 4.90 Å². The van der Waals surface area contributed by atoms with Gasteiger partial charge in [0.1, 0.15) is 11.6 Å². The van der Waals surface area contributed by atoms with Gasteiger partial charge < -0.3 is 9.64 Å². The largest absolute Gasteiger partial charge is 0.459 e. The molecule has 6 nitrogen and oxygen atoms in total. The first kappa shape index (κ1) is 17.4. The van der Waals surface area contributed by atoms with E-state index < -0.39 is 5.60 Å². The first-order valence-corrected chi connectivity index (χ1v) is 7.32. The van der Waals surface area contributed by atoms with Crippen molar-refractivity contribution >= 4 is 11.9 Å². The molecule has 118 valence electrons. The fraction of sp³-hybridized carbons (Fsp3) is 0.800. The molecule has 1 rings (SSSR count). The van der Waals surface area contributed by atoms with Gasteiger partial charge in [-0.25, -0.2) is 0 Å². The highest BCUT2D eigenvalue weighted by atomic mass is 16.6. The number of esters is 1. The van der Waals surface area contributed by atoms with E-state index in [0.29, 0.717) is 13.0 Å². The summed E-state index contributed by atoms with van der Waals surface area (Å²) < 4.78 is 5.41. The van der Waals surface area contributed by atoms with Crippen LogP contribution in [0.3, 0.4) is 0 Å². The molecule has 0 saturated carbocycles. The maximum absolute atomic E-state index is 12.2. The normalized spacial score (nSPS) is 19.1. The summed E-state index contributed by atoms with van der Waals surface area (Å²) in [5, 5.41) is 8.54. The maximum atomic E-state index is 12.2. The zero-order valence-electron chi connectivity index (χ0n) is 13.4. The van der Waals surface area contributed by atoms with Gasteiger partial charge in [-0.2, -0.15) is 5.26 Å². The molecular formula is C15H25N3O3. The van der Waals surface area contributed by atoms with Crippen molar-refractivity contribution in [1.82, 2.24) is 9.80 Å². The molecular weight excluding hydrogens is 270 g/mol. The summed E-state index contributed by atoms with van der Waals surface area (Å²) >= 11 is 0. The smallest absolute Gasteiger partial charge is 0.323 e. The number of amides is 1. The van der Waals surface area contributed by atoms with Crippen LogP contribution in [0, 0.1) is 11.3 Å². The molecule has 0 aliphatic carbocycles. The lowest BCUT2D eigenvalue weighted by molar-refractivity contribution is -0.160. The molecule has 0 aromatic heterocycles. The van der Waals surface area contributed by atoms with Crippen LogP contribution in [0.15, 0.2) is 0 Å². The van der Waals surface area contributed by atoms with Gasteiger partial charge >= 0.3 is 5.97 Å². The molecule has 21 heavy (non-hydrogen) atoms. The van der Waals surface area contributed by atoms with Gasteiger partial charge in [0.25, 0.3) is 0 Å². The van der Waals surface area contributed by atoms with Crippen molar-refractivity contribution in [1.29, 1.82) is 5.26 Å². The molecule has 0 aromatic rings. The van der Waals surface area contributed by atoms with E-state index in [1.807, 2.05) is 31.7 Å². The number of hydrogen-bond donors (Lipinski definition) is 0. The van der Waals surface area contributed by atoms with Gasteiger partial charge in [0, 0.05) is 13.6 Å². The number of likely N-dealkylation sites (tertiary alicyclic amines) is 1. The number of rotatable bonds is 5. The third kappa shape index (κ3) is 5.72. The highest BCUT2D eigenvalue weighted by Crippen LogP contribution is 2.21. The third-order valence-electron chi connectivity index (χ3n) is 3.37. The zero-order chi connectivity index (χ0) is 16.0. The second-order valence-corrected chi connectivity index (χ2v) is 6.39. The standard InChI is InChI=1S/C15H25N3O3/c1-15(2,3)21-14(20)12-7-5-10-18(12)11-13(19)17(4)9-6-8-16/h12H,5-7,9-11H2,1-4H3/t12-/m1/s1. The highest BCUT2D eigenvalue weighted by Gasteiger charge is 2.35. The monoisotopic (exact) mass is 295 g/mol. The summed E-state index contributed by atoms with van der Waals surface area (Å²) in [7, 11) is 1.68. The van der Waals surface area contributed by atoms with E-state index in [1.54, 1.807) is 7.05 Å². The molecule has 0 bridgehead atoms. The van der Waals surface area contributed by atoms with Gasteiger partial charge in [-0.15, -0.1) is 0 Å². The lowest BCUT2D eigenvalue weighted by atomic mass is 10.1. The first-order chi connectivity index (χ1) is 9.74. The van der Waals surface area contributed by atoms with Gasteiger partial charge in [-0.1, -0.05) is 0 Å². The summed E-state index contributed by atoms with van der Waals surface area (Å²) in [5.74, 6) is -0.326. The topological polar surface area (TPSA) is 73.6 Å². The van der Waals surface area contributed by atoms with Crippen molar-refractivity contribution in [3.63, 3.8) is 0 Å². The number of nitriles is 1. The maximum Gasteiger partial charge on any atom is 0.323 e.